The molecule has 0 aromatic heterocycles. The van der Waals surface area contributed by atoms with Crippen LogP contribution < -0.4 is 5.32 Å². The summed E-state index contributed by atoms with van der Waals surface area (Å²) < 4.78 is 0. The number of allylic oxidation sites excluding steroid dienone is 3. The van der Waals surface area contributed by atoms with Gasteiger partial charge in [-0.15, -0.1) is 0 Å². The molecular formula is C26H25N3O5. The van der Waals surface area contributed by atoms with Crippen LogP contribution in [0.4, 0.5) is 5.69 Å². The molecular weight excluding hydrogens is 434 g/mol. The number of nitro groups is 1. The molecule has 2 aromatic carbocycles. The highest BCUT2D eigenvalue weighted by Gasteiger charge is 2.48. The Labute approximate surface area is 196 Å². The number of ketones is 2. The second kappa shape index (κ2) is 7.83. The van der Waals surface area contributed by atoms with Crippen LogP contribution >= 0.6 is 0 Å². The number of benzene rings is 2. The average Bonchev–Trinajstić information content (AvgIpc) is 3.28. The topological polar surface area (TPSA) is 113 Å². The fraction of sp³-hybridized carbons (Fsp3) is 0.308. The maximum absolute atomic E-state index is 13.9. The van der Waals surface area contributed by atoms with Gasteiger partial charge in [-0.2, -0.15) is 0 Å². The summed E-state index contributed by atoms with van der Waals surface area (Å²) in [5, 5.41) is 25.7. The number of carbonyl (C=O) groups excluding carboxylic acids is 2. The average molecular weight is 460 g/mol. The lowest BCUT2D eigenvalue weighted by molar-refractivity contribution is -0.384. The smallest absolute Gasteiger partial charge is 0.270 e. The number of non-ortho nitro benzene ring substituents is 1. The third-order valence-corrected chi connectivity index (χ3v) is 6.77. The number of aromatic hydroxyl groups is 1. The third-order valence-electron chi connectivity index (χ3n) is 6.77. The summed E-state index contributed by atoms with van der Waals surface area (Å²) in [6, 6.07) is 12.5. The summed E-state index contributed by atoms with van der Waals surface area (Å²) in [4.78, 5) is 40.5. The first kappa shape index (κ1) is 21.9. The van der Waals surface area contributed by atoms with Crippen LogP contribution in [0.1, 0.15) is 48.5 Å². The van der Waals surface area contributed by atoms with E-state index in [0.717, 1.165) is 5.70 Å². The van der Waals surface area contributed by atoms with Gasteiger partial charge in [0, 0.05) is 54.0 Å². The molecule has 2 N–H and O–H groups in total. The number of nitrogens with one attached hydrogen (secondary N) is 1. The zero-order valence-electron chi connectivity index (χ0n) is 19.0. The molecule has 2 aromatic rings. The Morgan fingerprint density at radius 3 is 2.62 bits per heavy atom. The number of rotatable bonds is 4. The van der Waals surface area contributed by atoms with Gasteiger partial charge in [-0.25, -0.2) is 0 Å². The molecule has 1 atom stereocenters. The molecule has 8 nitrogen and oxygen atoms in total. The van der Waals surface area contributed by atoms with Gasteiger partial charge < -0.3 is 15.3 Å². The molecule has 1 aliphatic carbocycles. The second-order valence-corrected chi connectivity index (χ2v) is 9.77. The molecule has 1 unspecified atom stereocenters. The Morgan fingerprint density at radius 1 is 1.18 bits per heavy atom. The zero-order chi connectivity index (χ0) is 24.2. The van der Waals surface area contributed by atoms with Gasteiger partial charge in [-0.05, 0) is 17.9 Å². The lowest BCUT2D eigenvalue weighted by Crippen LogP contribution is -2.40. The molecule has 2 heterocycles. The first-order chi connectivity index (χ1) is 16.2. The minimum Gasteiger partial charge on any atom is -0.508 e. The van der Waals surface area contributed by atoms with Crippen LogP contribution in [0, 0.1) is 15.5 Å². The zero-order valence-corrected chi connectivity index (χ0v) is 19.0. The number of carbonyl (C=O) groups is 2. The highest BCUT2D eigenvalue weighted by molar-refractivity contribution is 6.13. The van der Waals surface area contributed by atoms with Crippen LogP contribution in [0.3, 0.4) is 0 Å². The first-order valence-electron chi connectivity index (χ1n) is 11.3. The van der Waals surface area contributed by atoms with Crippen molar-refractivity contribution in [2.45, 2.75) is 32.6 Å². The Hall–Kier alpha value is -3.94. The number of fused-ring (bicyclic) bond motifs is 2. The van der Waals surface area contributed by atoms with Gasteiger partial charge in [0.05, 0.1) is 16.4 Å². The molecule has 0 radical (unpaired) electrons. The van der Waals surface area contributed by atoms with Crippen molar-refractivity contribution >= 4 is 17.3 Å². The fourth-order valence-corrected chi connectivity index (χ4v) is 5.34. The van der Waals surface area contributed by atoms with E-state index in [1.54, 1.807) is 24.3 Å². The van der Waals surface area contributed by atoms with Gasteiger partial charge in [0.1, 0.15) is 11.6 Å². The normalized spacial score (nSPS) is 21.2. The molecule has 1 saturated heterocycles. The number of Topliss-reactive ketones (excluding diaryl/α,β-unsaturated/α-hetero) is 2. The van der Waals surface area contributed by atoms with Crippen molar-refractivity contribution in [3.05, 3.63) is 92.4 Å². The van der Waals surface area contributed by atoms with Crippen molar-refractivity contribution in [1.29, 1.82) is 0 Å². The quantitative estimate of drug-likeness (QED) is 0.403. The predicted octanol–water partition coefficient (Wildman–Crippen LogP) is 4.04. The second-order valence-electron chi connectivity index (χ2n) is 9.77. The van der Waals surface area contributed by atoms with Crippen LogP contribution in [0.5, 0.6) is 5.75 Å². The highest BCUT2D eigenvalue weighted by Crippen LogP contribution is 2.52. The summed E-state index contributed by atoms with van der Waals surface area (Å²) in [7, 11) is 0. The molecule has 0 spiro atoms. The van der Waals surface area contributed by atoms with Crippen molar-refractivity contribution in [2.75, 3.05) is 13.1 Å². The maximum atomic E-state index is 13.9. The highest BCUT2D eigenvalue weighted by atomic mass is 16.6. The van der Waals surface area contributed by atoms with E-state index in [-0.39, 0.29) is 34.0 Å². The number of nitrogens with zero attached hydrogens (tertiary/aromatic N) is 2. The number of phenolic OH excluding ortho intramolecular Hbond substituents is 1. The SMILES string of the molecule is CC1(C)CC(=O)C2=C(C1)N1CCNC1=C(C(=O)c1ccccc1)C2c1cc([N+](=O)[O-])ccc1O. The summed E-state index contributed by atoms with van der Waals surface area (Å²) in [5.41, 5.74) is 1.75. The molecule has 3 aliphatic rings. The first-order valence-corrected chi connectivity index (χ1v) is 11.3. The van der Waals surface area contributed by atoms with Gasteiger partial charge >= 0.3 is 0 Å². The maximum Gasteiger partial charge on any atom is 0.270 e. The van der Waals surface area contributed by atoms with Crippen LogP contribution in [0.25, 0.3) is 0 Å². The van der Waals surface area contributed by atoms with E-state index in [2.05, 4.69) is 5.32 Å². The van der Waals surface area contributed by atoms with Gasteiger partial charge in [0.2, 0.25) is 0 Å². The third kappa shape index (κ3) is 3.46. The van der Waals surface area contributed by atoms with E-state index in [0.29, 0.717) is 48.5 Å². The van der Waals surface area contributed by atoms with E-state index in [1.165, 1.54) is 18.2 Å². The van der Waals surface area contributed by atoms with Gasteiger partial charge in [0.25, 0.3) is 5.69 Å². The van der Waals surface area contributed by atoms with E-state index in [9.17, 15) is 24.8 Å². The van der Waals surface area contributed by atoms with Crippen LogP contribution in [-0.2, 0) is 4.79 Å². The molecule has 8 heteroatoms. The summed E-state index contributed by atoms with van der Waals surface area (Å²) in [6.07, 6.45) is 0.916. The molecule has 174 valence electrons. The van der Waals surface area contributed by atoms with Crippen molar-refractivity contribution in [3.63, 3.8) is 0 Å². The minimum atomic E-state index is -0.914. The lowest BCUT2D eigenvalue weighted by Gasteiger charge is -2.43. The van der Waals surface area contributed by atoms with Crippen molar-refractivity contribution in [2.24, 2.45) is 5.41 Å². The largest absolute Gasteiger partial charge is 0.508 e. The van der Waals surface area contributed by atoms with Gasteiger partial charge in [-0.3, -0.25) is 19.7 Å². The number of phenols is 1. The van der Waals surface area contributed by atoms with Crippen molar-refractivity contribution < 1.29 is 19.6 Å². The Morgan fingerprint density at radius 2 is 1.91 bits per heavy atom. The Balaban J connectivity index is 1.80. The summed E-state index contributed by atoms with van der Waals surface area (Å²) >= 11 is 0. The van der Waals surface area contributed by atoms with Crippen LogP contribution in [-0.4, -0.2) is 39.6 Å². The molecule has 0 saturated carbocycles. The summed E-state index contributed by atoms with van der Waals surface area (Å²) in [6.45, 7) is 5.27. The fourth-order valence-electron chi connectivity index (χ4n) is 5.34. The van der Waals surface area contributed by atoms with E-state index in [1.807, 2.05) is 24.8 Å². The van der Waals surface area contributed by atoms with Gasteiger partial charge in [0.15, 0.2) is 11.6 Å². The number of hydrogen-bond acceptors (Lipinski definition) is 7. The minimum absolute atomic E-state index is 0.105. The lowest BCUT2D eigenvalue weighted by atomic mass is 9.67. The Kier molecular flexibility index (Phi) is 5.04. The van der Waals surface area contributed by atoms with Crippen molar-refractivity contribution in [3.8, 4) is 5.75 Å². The predicted molar refractivity (Wildman–Crippen MR) is 125 cm³/mol. The van der Waals surface area contributed by atoms with E-state index in [4.69, 9.17) is 0 Å². The molecule has 34 heavy (non-hydrogen) atoms. The number of nitro benzene ring substituents is 1. The molecule has 0 amide bonds. The Bertz CT molecular complexity index is 1290. The molecule has 2 aliphatic heterocycles. The molecule has 0 bridgehead atoms. The van der Waals surface area contributed by atoms with Crippen molar-refractivity contribution in [1.82, 2.24) is 10.2 Å². The molecule has 5 rings (SSSR count). The number of hydrogen-bond donors (Lipinski definition) is 2. The standard InChI is InChI=1S/C26H25N3O5/c1-26(2)13-18-22(20(31)14-26)21(17-12-16(29(33)34)8-9-19(17)30)23(25-27-10-11-28(18)25)24(32)15-6-4-3-5-7-15/h3-9,12,21,27,30H,10-11,13-14H2,1-2H3. The van der Waals surface area contributed by atoms with E-state index >= 15 is 0 Å². The van der Waals surface area contributed by atoms with E-state index < -0.39 is 10.8 Å². The summed E-state index contributed by atoms with van der Waals surface area (Å²) in [5.74, 6) is -0.885. The van der Waals surface area contributed by atoms with Crippen LogP contribution in [0.2, 0.25) is 0 Å². The van der Waals surface area contributed by atoms with Gasteiger partial charge in [-0.1, -0.05) is 44.2 Å². The molecule has 1 fully saturated rings. The van der Waals surface area contributed by atoms with Crippen LogP contribution in [0.15, 0.2) is 71.2 Å². The monoisotopic (exact) mass is 459 g/mol.